The van der Waals surface area contributed by atoms with Gasteiger partial charge in [0.15, 0.2) is 5.96 Å². The Morgan fingerprint density at radius 1 is 1.37 bits per heavy atom. The van der Waals surface area contributed by atoms with Crippen LogP contribution in [0.4, 0.5) is 4.39 Å². The second kappa shape index (κ2) is 9.69. The molecule has 1 aromatic carbocycles. The van der Waals surface area contributed by atoms with Crippen LogP contribution in [-0.2, 0) is 10.2 Å². The van der Waals surface area contributed by atoms with E-state index in [0.717, 1.165) is 44.0 Å². The molecule has 1 aromatic rings. The summed E-state index contributed by atoms with van der Waals surface area (Å²) in [4.78, 5) is 17.9. The number of aliphatic imine (C=N–C) groups is 1. The van der Waals surface area contributed by atoms with Gasteiger partial charge in [0.25, 0.3) is 0 Å². The Bertz CT molecular complexity index is 654. The number of amides is 1. The predicted molar refractivity (Wildman–Crippen MR) is 107 cm³/mol. The SMILES string of the molecule is CCNC(=NCC(C)(C)c1cccc(F)c1)NC1CCN(CC(N)=O)CC1. The van der Waals surface area contributed by atoms with E-state index in [9.17, 15) is 9.18 Å². The lowest BCUT2D eigenvalue weighted by molar-refractivity contribution is -0.119. The summed E-state index contributed by atoms with van der Waals surface area (Å²) < 4.78 is 13.5. The van der Waals surface area contributed by atoms with Crippen molar-refractivity contribution in [1.29, 1.82) is 0 Å². The van der Waals surface area contributed by atoms with Gasteiger partial charge >= 0.3 is 0 Å². The molecule has 150 valence electrons. The summed E-state index contributed by atoms with van der Waals surface area (Å²) in [5.74, 6) is 0.267. The van der Waals surface area contributed by atoms with E-state index < -0.39 is 0 Å². The van der Waals surface area contributed by atoms with E-state index in [1.165, 1.54) is 6.07 Å². The van der Waals surface area contributed by atoms with Gasteiger partial charge in [-0.25, -0.2) is 4.39 Å². The fourth-order valence-corrected chi connectivity index (χ4v) is 3.25. The predicted octanol–water partition coefficient (Wildman–Crippen LogP) is 1.61. The molecule has 0 aliphatic carbocycles. The summed E-state index contributed by atoms with van der Waals surface area (Å²) in [5, 5.41) is 6.77. The zero-order chi connectivity index (χ0) is 19.9. The number of guanidine groups is 1. The van der Waals surface area contributed by atoms with Crippen LogP contribution in [0.15, 0.2) is 29.3 Å². The number of carbonyl (C=O) groups excluding carboxylic acids is 1. The van der Waals surface area contributed by atoms with Gasteiger partial charge in [-0.05, 0) is 37.5 Å². The number of hydrogen-bond donors (Lipinski definition) is 3. The molecule has 1 saturated heterocycles. The number of benzene rings is 1. The number of nitrogens with one attached hydrogen (secondary N) is 2. The largest absolute Gasteiger partial charge is 0.369 e. The molecule has 1 aliphatic heterocycles. The zero-order valence-corrected chi connectivity index (χ0v) is 16.6. The number of piperidine rings is 1. The Hall–Kier alpha value is -2.15. The molecule has 1 heterocycles. The molecule has 0 saturated carbocycles. The molecule has 0 spiro atoms. The highest BCUT2D eigenvalue weighted by molar-refractivity contribution is 5.80. The van der Waals surface area contributed by atoms with Crippen LogP contribution in [0.5, 0.6) is 0 Å². The van der Waals surface area contributed by atoms with Gasteiger partial charge in [-0.15, -0.1) is 0 Å². The van der Waals surface area contributed by atoms with Crippen LogP contribution < -0.4 is 16.4 Å². The number of halogens is 1. The molecule has 1 amide bonds. The molecule has 2 rings (SSSR count). The number of primary amides is 1. The number of nitrogens with zero attached hydrogens (tertiary/aromatic N) is 2. The Kier molecular flexibility index (Phi) is 7.59. The lowest BCUT2D eigenvalue weighted by Gasteiger charge is -2.32. The summed E-state index contributed by atoms with van der Waals surface area (Å²) in [6.45, 7) is 9.49. The second-order valence-corrected chi connectivity index (χ2v) is 7.75. The third kappa shape index (κ3) is 6.82. The van der Waals surface area contributed by atoms with Crippen molar-refractivity contribution in [2.24, 2.45) is 10.7 Å². The van der Waals surface area contributed by atoms with Crippen LogP contribution >= 0.6 is 0 Å². The molecule has 0 unspecified atom stereocenters. The maximum atomic E-state index is 13.5. The van der Waals surface area contributed by atoms with Crippen LogP contribution in [0.3, 0.4) is 0 Å². The Balaban J connectivity index is 1.95. The van der Waals surface area contributed by atoms with Crippen molar-refractivity contribution in [2.75, 3.05) is 32.7 Å². The first-order valence-corrected chi connectivity index (χ1v) is 9.61. The van der Waals surface area contributed by atoms with Crippen molar-refractivity contribution in [2.45, 2.75) is 45.1 Å². The highest BCUT2D eigenvalue weighted by Gasteiger charge is 2.23. The first kappa shape index (κ1) is 21.2. The topological polar surface area (TPSA) is 82.8 Å². The van der Waals surface area contributed by atoms with Gasteiger partial charge in [0, 0.05) is 31.1 Å². The summed E-state index contributed by atoms with van der Waals surface area (Å²) in [5.41, 5.74) is 5.93. The van der Waals surface area contributed by atoms with Gasteiger partial charge in [-0.3, -0.25) is 14.7 Å². The Morgan fingerprint density at radius 2 is 2.07 bits per heavy atom. The maximum Gasteiger partial charge on any atom is 0.231 e. The lowest BCUT2D eigenvalue weighted by Crippen LogP contribution is -2.50. The molecule has 4 N–H and O–H groups in total. The van der Waals surface area contributed by atoms with Gasteiger partial charge in [-0.1, -0.05) is 26.0 Å². The molecule has 0 aromatic heterocycles. The molecule has 1 fully saturated rings. The minimum Gasteiger partial charge on any atom is -0.369 e. The molecule has 0 radical (unpaired) electrons. The zero-order valence-electron chi connectivity index (χ0n) is 16.6. The minimum absolute atomic E-state index is 0.225. The molecule has 27 heavy (non-hydrogen) atoms. The van der Waals surface area contributed by atoms with E-state index in [0.29, 0.717) is 19.1 Å². The van der Waals surface area contributed by atoms with E-state index in [1.807, 2.05) is 13.0 Å². The van der Waals surface area contributed by atoms with Crippen LogP contribution in [0, 0.1) is 5.82 Å². The summed E-state index contributed by atoms with van der Waals surface area (Å²) in [7, 11) is 0. The van der Waals surface area contributed by atoms with Crippen LogP contribution in [-0.4, -0.2) is 55.5 Å². The van der Waals surface area contributed by atoms with Gasteiger partial charge in [0.1, 0.15) is 5.82 Å². The molecular weight excluding hydrogens is 345 g/mol. The number of carbonyl (C=O) groups is 1. The summed E-state index contributed by atoms with van der Waals surface area (Å²) in [6, 6.07) is 7.01. The van der Waals surface area contributed by atoms with Crippen molar-refractivity contribution >= 4 is 11.9 Å². The van der Waals surface area contributed by atoms with Crippen LogP contribution in [0.2, 0.25) is 0 Å². The first-order valence-electron chi connectivity index (χ1n) is 9.61. The van der Waals surface area contributed by atoms with Crippen LogP contribution in [0.25, 0.3) is 0 Å². The van der Waals surface area contributed by atoms with Gasteiger partial charge < -0.3 is 16.4 Å². The Labute approximate surface area is 161 Å². The monoisotopic (exact) mass is 377 g/mol. The molecule has 1 aliphatic rings. The highest BCUT2D eigenvalue weighted by Crippen LogP contribution is 2.24. The van der Waals surface area contributed by atoms with Crippen molar-refractivity contribution in [1.82, 2.24) is 15.5 Å². The molecule has 7 heteroatoms. The third-order valence-electron chi connectivity index (χ3n) is 4.89. The van der Waals surface area contributed by atoms with Crippen molar-refractivity contribution in [3.8, 4) is 0 Å². The van der Waals surface area contributed by atoms with Crippen molar-refractivity contribution in [3.63, 3.8) is 0 Å². The molecule has 6 nitrogen and oxygen atoms in total. The fourth-order valence-electron chi connectivity index (χ4n) is 3.25. The van der Waals surface area contributed by atoms with E-state index in [1.54, 1.807) is 12.1 Å². The number of likely N-dealkylation sites (tertiary alicyclic amines) is 1. The summed E-state index contributed by atoms with van der Waals surface area (Å²) in [6.07, 6.45) is 1.87. The smallest absolute Gasteiger partial charge is 0.231 e. The maximum absolute atomic E-state index is 13.5. The average molecular weight is 378 g/mol. The van der Waals surface area contributed by atoms with E-state index >= 15 is 0 Å². The summed E-state index contributed by atoms with van der Waals surface area (Å²) >= 11 is 0. The van der Waals surface area contributed by atoms with Crippen molar-refractivity contribution < 1.29 is 9.18 Å². The van der Waals surface area contributed by atoms with Gasteiger partial charge in [-0.2, -0.15) is 0 Å². The van der Waals surface area contributed by atoms with Gasteiger partial charge in [0.05, 0.1) is 13.1 Å². The number of hydrogen-bond acceptors (Lipinski definition) is 3. The minimum atomic E-state index is -0.282. The van der Waals surface area contributed by atoms with Gasteiger partial charge in [0.2, 0.25) is 5.91 Å². The van der Waals surface area contributed by atoms with E-state index in [2.05, 4.69) is 29.4 Å². The standard InChI is InChI=1S/C20H32FN5O/c1-4-23-19(25-17-8-10-26(11-9-17)13-18(22)27)24-14-20(2,3)15-6-5-7-16(21)12-15/h5-7,12,17H,4,8-11,13-14H2,1-3H3,(H2,22,27)(H2,23,24,25). The average Bonchev–Trinajstić information content (AvgIpc) is 2.61. The second-order valence-electron chi connectivity index (χ2n) is 7.75. The molecule has 0 atom stereocenters. The van der Waals surface area contributed by atoms with E-state index in [-0.39, 0.29) is 17.1 Å². The van der Waals surface area contributed by atoms with Crippen LogP contribution in [0.1, 0.15) is 39.2 Å². The first-order chi connectivity index (χ1) is 12.8. The van der Waals surface area contributed by atoms with Crippen molar-refractivity contribution in [3.05, 3.63) is 35.6 Å². The lowest BCUT2D eigenvalue weighted by atomic mass is 9.85. The Morgan fingerprint density at radius 3 is 2.67 bits per heavy atom. The molecule has 0 bridgehead atoms. The normalized spacial score (nSPS) is 17.0. The number of rotatable bonds is 7. The number of nitrogens with two attached hydrogens (primary N) is 1. The fraction of sp³-hybridized carbons (Fsp3) is 0.600. The van der Waals surface area contributed by atoms with E-state index in [4.69, 9.17) is 10.7 Å². The highest BCUT2D eigenvalue weighted by atomic mass is 19.1. The third-order valence-corrected chi connectivity index (χ3v) is 4.89. The quantitative estimate of drug-likeness (QED) is 0.498. The molecular formula is C20H32FN5O.